The van der Waals surface area contributed by atoms with Crippen molar-refractivity contribution in [1.29, 1.82) is 0 Å². The summed E-state index contributed by atoms with van der Waals surface area (Å²) in [5.74, 6) is 0. The summed E-state index contributed by atoms with van der Waals surface area (Å²) in [7, 11) is 4.02. The monoisotopic (exact) mass is 319 g/mol. The third-order valence-corrected chi connectivity index (χ3v) is 4.80. The number of carbonyl (C=O) groups is 1. The fourth-order valence-electron chi connectivity index (χ4n) is 3.52. The molecule has 0 saturated carbocycles. The van der Waals surface area contributed by atoms with Gasteiger partial charge >= 0.3 is 6.03 Å². The topological polar surface area (TPSA) is 55.8 Å². The van der Waals surface area contributed by atoms with Crippen LogP contribution in [-0.4, -0.2) is 48.8 Å². The van der Waals surface area contributed by atoms with E-state index in [-0.39, 0.29) is 18.2 Å². The zero-order valence-electron chi connectivity index (χ0n) is 14.7. The van der Waals surface area contributed by atoms with Crippen LogP contribution in [-0.2, 0) is 0 Å². The number of anilines is 2. The third kappa shape index (κ3) is 3.96. The summed E-state index contributed by atoms with van der Waals surface area (Å²) in [4.78, 5) is 16.7. The minimum Gasteiger partial charge on any atom is -0.396 e. The number of hydrogen-bond donors (Lipinski definition) is 2. The number of aryl methyl sites for hydroxylation is 1. The number of aliphatic hydroxyl groups excluding tert-OH is 1. The molecular weight excluding hydrogens is 290 g/mol. The highest BCUT2D eigenvalue weighted by Gasteiger charge is 2.39. The normalized spacial score (nSPS) is 20.7. The van der Waals surface area contributed by atoms with Gasteiger partial charge in [-0.2, -0.15) is 0 Å². The standard InChI is InChI=1S/C18H29N3O2/c1-14-13-15(7-8-16(14)20(3)4)19-17(23)21-11-5-9-18(21,2)10-6-12-22/h7-8,13,22H,5-6,9-12H2,1-4H3,(H,19,23)/t18-/m1/s1. The largest absolute Gasteiger partial charge is 0.396 e. The molecule has 128 valence electrons. The van der Waals surface area contributed by atoms with E-state index < -0.39 is 0 Å². The minimum absolute atomic E-state index is 0.0417. The number of aliphatic hydroxyl groups is 1. The number of benzene rings is 1. The Labute approximate surface area is 139 Å². The van der Waals surface area contributed by atoms with Crippen LogP contribution in [0.4, 0.5) is 16.2 Å². The summed E-state index contributed by atoms with van der Waals surface area (Å²) in [5.41, 5.74) is 2.97. The van der Waals surface area contributed by atoms with Gasteiger partial charge in [-0.1, -0.05) is 0 Å². The van der Waals surface area contributed by atoms with E-state index in [0.29, 0.717) is 0 Å². The smallest absolute Gasteiger partial charge is 0.322 e. The molecule has 1 aromatic rings. The zero-order valence-corrected chi connectivity index (χ0v) is 14.7. The molecule has 2 N–H and O–H groups in total. The Kier molecular flexibility index (Phi) is 5.52. The van der Waals surface area contributed by atoms with E-state index in [0.717, 1.165) is 49.2 Å². The predicted octanol–water partition coefficient (Wildman–Crippen LogP) is 3.22. The fourth-order valence-corrected chi connectivity index (χ4v) is 3.52. The number of nitrogens with zero attached hydrogens (tertiary/aromatic N) is 2. The maximum absolute atomic E-state index is 12.7. The molecule has 1 saturated heterocycles. The van der Waals surface area contributed by atoms with Crippen LogP contribution in [0, 0.1) is 6.92 Å². The van der Waals surface area contributed by atoms with Crippen LogP contribution in [0.2, 0.25) is 0 Å². The Morgan fingerprint density at radius 2 is 2.17 bits per heavy atom. The number of carbonyl (C=O) groups excluding carboxylic acids is 1. The van der Waals surface area contributed by atoms with Crippen molar-refractivity contribution >= 4 is 17.4 Å². The van der Waals surface area contributed by atoms with Crippen LogP contribution in [0.1, 0.15) is 38.2 Å². The molecule has 2 rings (SSSR count). The molecule has 5 heteroatoms. The van der Waals surface area contributed by atoms with Crippen molar-refractivity contribution in [3.8, 4) is 0 Å². The molecule has 0 aliphatic carbocycles. The molecule has 1 atom stereocenters. The summed E-state index contributed by atoms with van der Waals surface area (Å²) < 4.78 is 0. The van der Waals surface area contributed by atoms with Crippen molar-refractivity contribution in [2.75, 3.05) is 37.5 Å². The highest BCUT2D eigenvalue weighted by molar-refractivity contribution is 5.90. The highest BCUT2D eigenvalue weighted by Crippen LogP contribution is 2.33. The van der Waals surface area contributed by atoms with Crippen molar-refractivity contribution < 1.29 is 9.90 Å². The van der Waals surface area contributed by atoms with Gasteiger partial charge in [0.25, 0.3) is 0 Å². The number of amides is 2. The van der Waals surface area contributed by atoms with Crippen LogP contribution < -0.4 is 10.2 Å². The van der Waals surface area contributed by atoms with Crippen molar-refractivity contribution in [3.05, 3.63) is 23.8 Å². The molecule has 5 nitrogen and oxygen atoms in total. The molecule has 0 unspecified atom stereocenters. The van der Waals surface area contributed by atoms with Gasteiger partial charge in [0.05, 0.1) is 0 Å². The molecule has 1 aliphatic rings. The molecule has 2 amide bonds. The first-order valence-corrected chi connectivity index (χ1v) is 8.35. The van der Waals surface area contributed by atoms with E-state index in [9.17, 15) is 4.79 Å². The zero-order chi connectivity index (χ0) is 17.0. The Morgan fingerprint density at radius 3 is 2.78 bits per heavy atom. The van der Waals surface area contributed by atoms with Crippen LogP contribution in [0.5, 0.6) is 0 Å². The van der Waals surface area contributed by atoms with Gasteiger partial charge in [0, 0.05) is 44.2 Å². The number of hydrogen-bond acceptors (Lipinski definition) is 3. The maximum atomic E-state index is 12.7. The van der Waals surface area contributed by atoms with Gasteiger partial charge in [0.2, 0.25) is 0 Å². The van der Waals surface area contributed by atoms with Gasteiger partial charge in [0.1, 0.15) is 0 Å². The van der Waals surface area contributed by atoms with E-state index in [1.165, 1.54) is 0 Å². The molecule has 1 aliphatic heterocycles. The van der Waals surface area contributed by atoms with Crippen molar-refractivity contribution in [1.82, 2.24) is 4.90 Å². The number of rotatable bonds is 5. The minimum atomic E-state index is -0.147. The fraction of sp³-hybridized carbons (Fsp3) is 0.611. The molecule has 0 aromatic heterocycles. The Hall–Kier alpha value is -1.75. The molecule has 0 bridgehead atoms. The summed E-state index contributed by atoms with van der Waals surface area (Å²) in [6.07, 6.45) is 3.60. The summed E-state index contributed by atoms with van der Waals surface area (Å²) in [5, 5.41) is 12.1. The van der Waals surface area contributed by atoms with Gasteiger partial charge < -0.3 is 20.2 Å². The van der Waals surface area contributed by atoms with Crippen LogP contribution in [0.3, 0.4) is 0 Å². The predicted molar refractivity (Wildman–Crippen MR) is 95.2 cm³/mol. The average Bonchev–Trinajstić information content (AvgIpc) is 2.87. The lowest BCUT2D eigenvalue weighted by Crippen LogP contribution is -2.47. The molecule has 23 heavy (non-hydrogen) atoms. The van der Waals surface area contributed by atoms with E-state index >= 15 is 0 Å². The van der Waals surface area contributed by atoms with E-state index in [1.54, 1.807) is 0 Å². The molecule has 1 fully saturated rings. The quantitative estimate of drug-likeness (QED) is 0.876. The first kappa shape index (κ1) is 17.6. The number of urea groups is 1. The van der Waals surface area contributed by atoms with E-state index in [4.69, 9.17) is 5.11 Å². The Morgan fingerprint density at radius 1 is 1.43 bits per heavy atom. The van der Waals surface area contributed by atoms with Gasteiger partial charge in [-0.15, -0.1) is 0 Å². The molecule has 0 radical (unpaired) electrons. The lowest BCUT2D eigenvalue weighted by Gasteiger charge is -2.35. The second-order valence-corrected chi connectivity index (χ2v) is 6.91. The third-order valence-electron chi connectivity index (χ3n) is 4.80. The van der Waals surface area contributed by atoms with Crippen molar-refractivity contribution in [2.24, 2.45) is 0 Å². The molecule has 0 spiro atoms. The Bertz CT molecular complexity index is 559. The van der Waals surface area contributed by atoms with Gasteiger partial charge in [0.15, 0.2) is 0 Å². The summed E-state index contributed by atoms with van der Waals surface area (Å²) in [6, 6.07) is 5.94. The van der Waals surface area contributed by atoms with Crippen LogP contribution in [0.25, 0.3) is 0 Å². The number of likely N-dealkylation sites (tertiary alicyclic amines) is 1. The van der Waals surface area contributed by atoms with Gasteiger partial charge in [-0.05, 0) is 63.3 Å². The Balaban J connectivity index is 2.08. The summed E-state index contributed by atoms with van der Waals surface area (Å²) in [6.45, 7) is 5.13. The lowest BCUT2D eigenvalue weighted by atomic mass is 9.93. The molecule has 1 aromatic carbocycles. The van der Waals surface area contributed by atoms with Gasteiger partial charge in [-0.3, -0.25) is 0 Å². The molecule has 1 heterocycles. The summed E-state index contributed by atoms with van der Waals surface area (Å²) >= 11 is 0. The highest BCUT2D eigenvalue weighted by atomic mass is 16.3. The van der Waals surface area contributed by atoms with Crippen molar-refractivity contribution in [3.63, 3.8) is 0 Å². The SMILES string of the molecule is Cc1cc(NC(=O)N2CCC[C@]2(C)CCCO)ccc1N(C)C. The van der Waals surface area contributed by atoms with E-state index in [1.807, 2.05) is 44.1 Å². The van der Waals surface area contributed by atoms with Crippen LogP contribution >= 0.6 is 0 Å². The second-order valence-electron chi connectivity index (χ2n) is 6.91. The molecular formula is C18H29N3O2. The van der Waals surface area contributed by atoms with Gasteiger partial charge in [-0.25, -0.2) is 4.79 Å². The average molecular weight is 319 g/mol. The maximum Gasteiger partial charge on any atom is 0.322 e. The first-order chi connectivity index (χ1) is 10.9. The first-order valence-electron chi connectivity index (χ1n) is 8.35. The second kappa shape index (κ2) is 7.21. The van der Waals surface area contributed by atoms with Crippen LogP contribution in [0.15, 0.2) is 18.2 Å². The van der Waals surface area contributed by atoms with E-state index in [2.05, 4.69) is 17.1 Å². The lowest BCUT2D eigenvalue weighted by molar-refractivity contribution is 0.151. The van der Waals surface area contributed by atoms with Crippen molar-refractivity contribution in [2.45, 2.75) is 45.1 Å². The number of nitrogens with one attached hydrogen (secondary N) is 1.